The highest BCUT2D eigenvalue weighted by atomic mass is 16.8. The summed E-state index contributed by atoms with van der Waals surface area (Å²) in [4.78, 5) is 36.5. The zero-order valence-corrected chi connectivity index (χ0v) is 13.8. The summed E-state index contributed by atoms with van der Waals surface area (Å²) < 4.78 is 16.0. The van der Waals surface area contributed by atoms with Crippen LogP contribution in [0.15, 0.2) is 54.8 Å². The van der Waals surface area contributed by atoms with Crippen molar-refractivity contribution in [3.8, 4) is 0 Å². The van der Waals surface area contributed by atoms with Gasteiger partial charge in [0, 0.05) is 6.42 Å². The Labute approximate surface area is 149 Å². The third-order valence-electron chi connectivity index (χ3n) is 4.07. The maximum atomic E-state index is 12.2. The summed E-state index contributed by atoms with van der Waals surface area (Å²) >= 11 is 0. The van der Waals surface area contributed by atoms with Crippen LogP contribution in [0.25, 0.3) is 0 Å². The molecule has 0 radical (unpaired) electrons. The molecule has 2 saturated heterocycles. The second kappa shape index (κ2) is 6.91. The monoisotopic (exact) mass is 359 g/mol. The molecule has 3 rings (SSSR count). The second-order valence-corrected chi connectivity index (χ2v) is 5.79. The number of rotatable bonds is 6. The van der Waals surface area contributed by atoms with Crippen LogP contribution in [0.3, 0.4) is 0 Å². The number of fused-ring (bicyclic) bond motifs is 1. The molecule has 0 aromatic heterocycles. The molecule has 8 heteroatoms. The zero-order chi connectivity index (χ0) is 18.7. The molecule has 0 spiro atoms. The summed E-state index contributed by atoms with van der Waals surface area (Å²) in [5.74, 6) is -1.75. The smallest absolute Gasteiger partial charge is 0.478 e. The van der Waals surface area contributed by atoms with Gasteiger partial charge in [-0.15, -0.1) is 6.58 Å². The van der Waals surface area contributed by atoms with E-state index in [0.717, 1.165) is 11.6 Å². The van der Waals surface area contributed by atoms with Crippen molar-refractivity contribution in [2.45, 2.75) is 31.4 Å². The van der Waals surface area contributed by atoms with E-state index in [9.17, 15) is 14.4 Å². The van der Waals surface area contributed by atoms with E-state index in [1.807, 2.05) is 6.07 Å². The van der Waals surface area contributed by atoms with Gasteiger partial charge in [0.05, 0.1) is 12.5 Å². The van der Waals surface area contributed by atoms with Gasteiger partial charge in [-0.1, -0.05) is 36.4 Å². The van der Waals surface area contributed by atoms with Gasteiger partial charge in [-0.05, 0) is 5.56 Å². The van der Waals surface area contributed by atoms with Crippen LogP contribution in [0, 0.1) is 0 Å². The molecule has 1 aromatic carbocycles. The van der Waals surface area contributed by atoms with Crippen molar-refractivity contribution in [1.29, 1.82) is 0 Å². The molecular weight excluding hydrogens is 342 g/mol. The van der Waals surface area contributed by atoms with Gasteiger partial charge in [0.25, 0.3) is 5.72 Å². The van der Waals surface area contributed by atoms with Gasteiger partial charge < -0.3 is 19.3 Å². The van der Waals surface area contributed by atoms with E-state index in [-0.39, 0.29) is 31.1 Å². The number of carbonyl (C=O) groups excluding carboxylic acids is 2. The number of amides is 1. The van der Waals surface area contributed by atoms with Gasteiger partial charge in [-0.2, -0.15) is 0 Å². The molecule has 2 fully saturated rings. The fourth-order valence-corrected chi connectivity index (χ4v) is 2.95. The van der Waals surface area contributed by atoms with Crippen LogP contribution in [0.1, 0.15) is 18.4 Å². The Morgan fingerprint density at radius 3 is 2.73 bits per heavy atom. The van der Waals surface area contributed by atoms with Gasteiger partial charge >= 0.3 is 12.1 Å². The number of carboxylic acids is 1. The number of hydrogen-bond acceptors (Lipinski definition) is 6. The average molecular weight is 359 g/mol. The van der Waals surface area contributed by atoms with Crippen molar-refractivity contribution in [3.63, 3.8) is 0 Å². The number of benzene rings is 1. The van der Waals surface area contributed by atoms with Crippen molar-refractivity contribution in [2.24, 2.45) is 0 Å². The number of hydrogen-bond donors (Lipinski definition) is 1. The van der Waals surface area contributed by atoms with E-state index in [2.05, 4.69) is 6.58 Å². The molecule has 0 aliphatic carbocycles. The second-order valence-electron chi connectivity index (χ2n) is 5.79. The van der Waals surface area contributed by atoms with Gasteiger partial charge in [-0.3, -0.25) is 9.69 Å². The minimum atomic E-state index is -1.70. The molecular formula is C18H17NO7. The Morgan fingerprint density at radius 1 is 1.38 bits per heavy atom. The molecule has 0 saturated carbocycles. The Balaban J connectivity index is 1.81. The SMILES string of the molecule is C=CCC1(OC(=O)OCc2ccccc2)C(=CC(=O)O)O[C@@H]2CC(=O)N21. The number of aliphatic carboxylic acids is 1. The maximum absolute atomic E-state index is 12.2. The van der Waals surface area contributed by atoms with E-state index >= 15 is 0 Å². The quantitative estimate of drug-likeness (QED) is 0.359. The van der Waals surface area contributed by atoms with Crippen molar-refractivity contribution in [1.82, 2.24) is 4.90 Å². The van der Waals surface area contributed by atoms with Gasteiger partial charge in [0.1, 0.15) is 6.61 Å². The molecule has 1 amide bonds. The van der Waals surface area contributed by atoms with Crippen LogP contribution in [-0.2, 0) is 30.4 Å². The molecule has 1 N–H and O–H groups in total. The van der Waals surface area contributed by atoms with Crippen LogP contribution in [0.5, 0.6) is 0 Å². The lowest BCUT2D eigenvalue weighted by Crippen LogP contribution is -2.60. The lowest BCUT2D eigenvalue weighted by atomic mass is 10.0. The summed E-state index contributed by atoms with van der Waals surface area (Å²) in [7, 11) is 0. The molecule has 1 unspecified atom stereocenters. The van der Waals surface area contributed by atoms with Gasteiger partial charge in [0.15, 0.2) is 12.0 Å². The summed E-state index contributed by atoms with van der Waals surface area (Å²) in [6, 6.07) is 8.97. The van der Waals surface area contributed by atoms with Crippen LogP contribution in [-0.4, -0.2) is 40.0 Å². The zero-order valence-electron chi connectivity index (χ0n) is 13.8. The number of ether oxygens (including phenoxy) is 3. The minimum absolute atomic E-state index is 0.0277. The fraction of sp³-hybridized carbons (Fsp3) is 0.278. The average Bonchev–Trinajstić information content (AvgIpc) is 2.81. The Morgan fingerprint density at radius 2 is 2.12 bits per heavy atom. The maximum Gasteiger partial charge on any atom is 0.511 e. The van der Waals surface area contributed by atoms with Crippen LogP contribution in [0.2, 0.25) is 0 Å². The van der Waals surface area contributed by atoms with Crippen LogP contribution in [0.4, 0.5) is 4.79 Å². The van der Waals surface area contributed by atoms with Gasteiger partial charge in [-0.25, -0.2) is 9.59 Å². The van der Waals surface area contributed by atoms with E-state index in [4.69, 9.17) is 19.3 Å². The number of β-lactam (4-membered cyclic amide) rings is 1. The van der Waals surface area contributed by atoms with Crippen molar-refractivity contribution in [2.75, 3.05) is 0 Å². The third kappa shape index (κ3) is 3.13. The molecule has 1 aromatic rings. The van der Waals surface area contributed by atoms with Crippen molar-refractivity contribution < 1.29 is 33.7 Å². The van der Waals surface area contributed by atoms with Crippen LogP contribution < -0.4 is 0 Å². The normalized spacial score (nSPS) is 25.1. The fourth-order valence-electron chi connectivity index (χ4n) is 2.95. The van der Waals surface area contributed by atoms with E-state index in [1.165, 1.54) is 11.0 Å². The first kappa shape index (κ1) is 17.5. The number of nitrogens with zero attached hydrogens (tertiary/aromatic N) is 1. The van der Waals surface area contributed by atoms with E-state index < -0.39 is 24.1 Å². The molecule has 0 bridgehead atoms. The Kier molecular flexibility index (Phi) is 4.66. The lowest BCUT2D eigenvalue weighted by Gasteiger charge is -2.41. The van der Waals surface area contributed by atoms with Crippen molar-refractivity contribution in [3.05, 3.63) is 60.4 Å². The van der Waals surface area contributed by atoms with Crippen LogP contribution >= 0.6 is 0 Å². The first-order valence-electron chi connectivity index (χ1n) is 7.91. The first-order chi connectivity index (χ1) is 12.5. The summed E-state index contributed by atoms with van der Waals surface area (Å²) in [6.45, 7) is 3.56. The lowest BCUT2D eigenvalue weighted by molar-refractivity contribution is -0.180. The van der Waals surface area contributed by atoms with E-state index in [1.54, 1.807) is 24.3 Å². The largest absolute Gasteiger partial charge is 0.511 e. The van der Waals surface area contributed by atoms with E-state index in [0.29, 0.717) is 0 Å². The van der Waals surface area contributed by atoms with Gasteiger partial charge in [0.2, 0.25) is 5.91 Å². The summed E-state index contributed by atoms with van der Waals surface area (Å²) in [5, 5.41) is 9.06. The third-order valence-corrected chi connectivity index (χ3v) is 4.07. The predicted octanol–water partition coefficient (Wildman–Crippen LogP) is 2.17. The summed E-state index contributed by atoms with van der Waals surface area (Å²) in [5.41, 5.74) is -0.947. The molecule has 2 aliphatic heterocycles. The highest BCUT2D eigenvalue weighted by Gasteiger charge is 2.63. The van der Waals surface area contributed by atoms with Crippen molar-refractivity contribution >= 4 is 18.0 Å². The highest BCUT2D eigenvalue weighted by Crippen LogP contribution is 2.47. The Hall–Kier alpha value is -3.29. The molecule has 2 heterocycles. The molecule has 26 heavy (non-hydrogen) atoms. The molecule has 2 atom stereocenters. The Bertz CT molecular complexity index is 773. The minimum Gasteiger partial charge on any atom is -0.478 e. The molecule has 8 nitrogen and oxygen atoms in total. The highest BCUT2D eigenvalue weighted by molar-refractivity contribution is 5.86. The number of carboxylic acid groups (broad SMARTS) is 1. The standard InChI is InChI=1S/C18H17NO7/c1-2-8-18(26-17(23)24-11-12-6-4-3-5-7-12)13(9-16(21)22)25-15-10-14(20)19(15)18/h2-7,9,15H,1,8,10-11H2,(H,21,22)/t15-,18?/m1/s1. The first-order valence-corrected chi connectivity index (χ1v) is 7.91. The summed E-state index contributed by atoms with van der Waals surface area (Å²) in [6.07, 6.45) is 0.523. The number of carbonyl (C=O) groups is 3. The topological polar surface area (TPSA) is 102 Å². The molecule has 2 aliphatic rings. The predicted molar refractivity (Wildman–Crippen MR) is 87.3 cm³/mol. The molecule has 136 valence electrons.